The Bertz CT molecular complexity index is 1540. The van der Waals surface area contributed by atoms with Crippen LogP contribution in [0.4, 0.5) is 0 Å². The molecule has 272 valence electrons. The topological polar surface area (TPSA) is 65.5 Å². The fourth-order valence-corrected chi connectivity index (χ4v) is 13.1. The van der Waals surface area contributed by atoms with Gasteiger partial charge in [-0.2, -0.15) is 0 Å². The second-order valence-corrected chi connectivity index (χ2v) is 17.9. The number of rotatable bonds is 8. The van der Waals surface area contributed by atoms with Gasteiger partial charge in [-0.25, -0.2) is 4.79 Å². The van der Waals surface area contributed by atoms with Crippen LogP contribution in [0.1, 0.15) is 126 Å². The molecule has 0 saturated heterocycles. The van der Waals surface area contributed by atoms with Gasteiger partial charge in [0.15, 0.2) is 0 Å². The van der Waals surface area contributed by atoms with E-state index >= 15 is 0 Å². The number of carbonyl (C=O) groups is 1. The number of benzene rings is 1. The van der Waals surface area contributed by atoms with Gasteiger partial charge in [-0.1, -0.05) is 64.5 Å². The van der Waals surface area contributed by atoms with E-state index in [0.29, 0.717) is 45.1 Å². The lowest BCUT2D eigenvalue weighted by molar-refractivity contribution is -0.217. The third-order valence-electron chi connectivity index (χ3n) is 15.7. The number of nitrogens with one attached hydrogen (secondary N) is 1. The summed E-state index contributed by atoms with van der Waals surface area (Å²) < 4.78 is 0. The molecule has 0 bridgehead atoms. The highest BCUT2D eigenvalue weighted by Gasteiger charge is 2.68. The largest absolute Gasteiger partial charge is 0.478 e. The molecule has 1 heterocycles. The van der Waals surface area contributed by atoms with Crippen molar-refractivity contribution in [2.24, 2.45) is 51.2 Å². The minimum Gasteiger partial charge on any atom is -0.478 e. The summed E-state index contributed by atoms with van der Waals surface area (Å²) in [6.45, 7) is 18.0. The Labute approximate surface area is 303 Å². The van der Waals surface area contributed by atoms with Crippen molar-refractivity contribution in [2.45, 2.75) is 105 Å². The van der Waals surface area contributed by atoms with Crippen LogP contribution in [-0.4, -0.2) is 48.1 Å². The zero-order chi connectivity index (χ0) is 35.9. The maximum Gasteiger partial charge on any atom is 0.335 e. The summed E-state index contributed by atoms with van der Waals surface area (Å²) in [4.78, 5) is 18.2. The van der Waals surface area contributed by atoms with Crippen LogP contribution in [0.3, 0.4) is 0 Å². The molecule has 10 atom stereocenters. The van der Waals surface area contributed by atoms with Gasteiger partial charge in [-0.15, -0.1) is 6.58 Å². The second-order valence-electron chi connectivity index (χ2n) is 17.9. The van der Waals surface area contributed by atoms with E-state index in [1.165, 1.54) is 74.5 Å². The summed E-state index contributed by atoms with van der Waals surface area (Å²) in [5, 5.41) is 13.5. The van der Waals surface area contributed by atoms with Crippen molar-refractivity contribution in [2.75, 3.05) is 27.2 Å². The van der Waals surface area contributed by atoms with Crippen LogP contribution >= 0.6 is 0 Å². The molecule has 2 N–H and O–H groups in total. The molecular formula is C45H65N3O2. The number of carboxylic acid groups (broad SMARTS) is 1. The van der Waals surface area contributed by atoms with Gasteiger partial charge in [0.05, 0.1) is 5.56 Å². The number of allylic oxidation sites excluding steroid dienone is 3. The third-order valence-corrected chi connectivity index (χ3v) is 15.7. The molecule has 0 aliphatic heterocycles. The van der Waals surface area contributed by atoms with Gasteiger partial charge in [0.2, 0.25) is 0 Å². The molecule has 50 heavy (non-hydrogen) atoms. The van der Waals surface area contributed by atoms with E-state index in [-0.39, 0.29) is 0 Å². The highest BCUT2D eigenvalue weighted by Crippen LogP contribution is 2.76. The van der Waals surface area contributed by atoms with Crippen LogP contribution in [0.2, 0.25) is 0 Å². The zero-order valence-corrected chi connectivity index (χ0v) is 32.2. The molecule has 5 aliphatic carbocycles. The summed E-state index contributed by atoms with van der Waals surface area (Å²) in [5.74, 6) is 2.78. The molecule has 0 spiro atoms. The summed E-state index contributed by atoms with van der Waals surface area (Å²) in [7, 11) is 4.39. The van der Waals surface area contributed by atoms with Gasteiger partial charge in [0.1, 0.15) is 0 Å². The highest BCUT2D eigenvalue weighted by atomic mass is 16.4. The molecule has 0 amide bonds. The quantitative estimate of drug-likeness (QED) is 0.272. The maximum absolute atomic E-state index is 11.5. The fourth-order valence-electron chi connectivity index (χ4n) is 13.1. The molecule has 5 heteroatoms. The number of carboxylic acids is 1. The summed E-state index contributed by atoms with van der Waals surface area (Å²) in [6, 6.07) is 12.3. The van der Waals surface area contributed by atoms with Crippen molar-refractivity contribution in [3.8, 4) is 0 Å². The third kappa shape index (κ3) is 6.12. The SMILES string of the molecule is C=CC.CC1C(c2ccc(C(=O)O)cc2)=CCC2(C)C1CCC1(C)C2CCC2C3CCCC3(CNCC(c3cccnc3)N(C)C)CC[C@]21C. The maximum atomic E-state index is 11.5. The number of aromatic carboxylic acids is 1. The Hall–Kier alpha value is -2.76. The lowest BCUT2D eigenvalue weighted by Gasteiger charge is -2.71. The van der Waals surface area contributed by atoms with Crippen LogP contribution in [0, 0.1) is 51.2 Å². The number of hydrogen-bond acceptors (Lipinski definition) is 4. The smallest absolute Gasteiger partial charge is 0.335 e. The first-order chi connectivity index (χ1) is 23.8. The van der Waals surface area contributed by atoms with Crippen LogP contribution in [0.15, 0.2) is 67.5 Å². The lowest BCUT2D eigenvalue weighted by Crippen LogP contribution is -2.64. The monoisotopic (exact) mass is 680 g/mol. The van der Waals surface area contributed by atoms with Crippen LogP contribution in [-0.2, 0) is 0 Å². The Balaban J connectivity index is 0.00000139. The standard InChI is InChI=1S/C42H59N3O2.C3H6/c1-28-32(29-11-13-30(14-12-29)38(46)47)17-20-39(2)33(28)18-21-41(4)37(39)16-15-34-35-10-7-19-42(35,23-22-40(34,41)3)27-44-26-36(45(5)6)31-9-8-24-43-25-31;1-3-2/h8-9,11-14,17,24-25,28,33-37,44H,7,10,15-16,18-23,26-27H2,1-6H3,(H,46,47);3H,1H2,2H3/t28?,33?,34?,35?,36?,37?,39?,40-,41?,42?;/m1./s1. The number of hydrogen-bond donors (Lipinski definition) is 2. The summed E-state index contributed by atoms with van der Waals surface area (Å²) >= 11 is 0. The van der Waals surface area contributed by atoms with Crippen LogP contribution in [0.5, 0.6) is 0 Å². The molecule has 4 saturated carbocycles. The first-order valence-electron chi connectivity index (χ1n) is 19.7. The van der Waals surface area contributed by atoms with Gasteiger partial charge in [0.25, 0.3) is 0 Å². The van der Waals surface area contributed by atoms with Crippen molar-refractivity contribution >= 4 is 11.5 Å². The number of fused-ring (bicyclic) bond motifs is 7. The molecule has 2 aromatic rings. The molecular weight excluding hydrogens is 615 g/mol. The number of aromatic nitrogens is 1. The van der Waals surface area contributed by atoms with Gasteiger partial charge in [0, 0.05) is 31.5 Å². The Morgan fingerprint density at radius 3 is 2.40 bits per heavy atom. The van der Waals surface area contributed by atoms with Crippen molar-refractivity contribution in [3.05, 3.63) is 84.2 Å². The first kappa shape index (κ1) is 37.0. The Morgan fingerprint density at radius 1 is 1.00 bits per heavy atom. The van der Waals surface area contributed by atoms with Crippen molar-refractivity contribution in [3.63, 3.8) is 0 Å². The predicted molar refractivity (Wildman–Crippen MR) is 207 cm³/mol. The van der Waals surface area contributed by atoms with Crippen molar-refractivity contribution < 1.29 is 9.90 Å². The predicted octanol–water partition coefficient (Wildman–Crippen LogP) is 10.3. The zero-order valence-electron chi connectivity index (χ0n) is 32.2. The van der Waals surface area contributed by atoms with Gasteiger partial charge >= 0.3 is 5.97 Å². The van der Waals surface area contributed by atoms with E-state index in [1.807, 2.05) is 31.5 Å². The van der Waals surface area contributed by atoms with E-state index < -0.39 is 5.97 Å². The average molecular weight is 680 g/mol. The molecule has 1 aromatic carbocycles. The van der Waals surface area contributed by atoms with Crippen molar-refractivity contribution in [1.82, 2.24) is 15.2 Å². The van der Waals surface area contributed by atoms with Crippen LogP contribution < -0.4 is 5.32 Å². The molecule has 1 aromatic heterocycles. The highest BCUT2D eigenvalue weighted by molar-refractivity contribution is 5.88. The molecule has 7 rings (SSSR count). The van der Waals surface area contributed by atoms with Gasteiger partial charge in [-0.3, -0.25) is 4.98 Å². The molecule has 9 unspecified atom stereocenters. The van der Waals surface area contributed by atoms with E-state index in [2.05, 4.69) is 81.8 Å². The summed E-state index contributed by atoms with van der Waals surface area (Å²) in [6.07, 6.45) is 21.8. The van der Waals surface area contributed by atoms with Gasteiger partial charge in [-0.05, 0) is 165 Å². The van der Waals surface area contributed by atoms with E-state index in [4.69, 9.17) is 0 Å². The van der Waals surface area contributed by atoms with Gasteiger partial charge < -0.3 is 15.3 Å². The minimum absolute atomic E-state index is 0.324. The molecule has 5 aliphatic rings. The molecule has 4 fully saturated rings. The van der Waals surface area contributed by atoms with Crippen LogP contribution in [0.25, 0.3) is 5.57 Å². The minimum atomic E-state index is -0.849. The fraction of sp³-hybridized carbons (Fsp3) is 0.644. The van der Waals surface area contributed by atoms with E-state index in [9.17, 15) is 9.90 Å². The molecule has 0 radical (unpaired) electrons. The molecule has 5 nitrogen and oxygen atoms in total. The van der Waals surface area contributed by atoms with E-state index in [0.717, 1.165) is 37.3 Å². The lowest BCUT2D eigenvalue weighted by atomic mass is 9.33. The first-order valence-corrected chi connectivity index (χ1v) is 19.7. The summed E-state index contributed by atoms with van der Waals surface area (Å²) in [5.41, 5.74) is 5.89. The van der Waals surface area contributed by atoms with Crippen molar-refractivity contribution in [1.29, 1.82) is 0 Å². The normalized spacial score (nSPS) is 37.9. The Kier molecular flexibility index (Phi) is 10.6. The number of nitrogens with zero attached hydrogens (tertiary/aromatic N) is 2. The second kappa shape index (κ2) is 14.3. The number of likely N-dealkylation sites (N-methyl/N-ethyl adjacent to an activating group) is 1. The average Bonchev–Trinajstić information content (AvgIpc) is 3.52. The number of pyridine rings is 1. The Morgan fingerprint density at radius 2 is 1.74 bits per heavy atom. The van der Waals surface area contributed by atoms with E-state index in [1.54, 1.807) is 18.2 Å².